The van der Waals surface area contributed by atoms with Crippen LogP contribution in [-0.4, -0.2) is 19.3 Å². The fourth-order valence-corrected chi connectivity index (χ4v) is 5.20. The average Bonchev–Trinajstić information content (AvgIpc) is 2.81. The highest BCUT2D eigenvalue weighted by atomic mass is 79.9. The van der Waals surface area contributed by atoms with Gasteiger partial charge >= 0.3 is 0 Å². The molecule has 0 amide bonds. The van der Waals surface area contributed by atoms with Crippen LogP contribution in [-0.2, 0) is 16.6 Å². The number of benzene rings is 1. The molecule has 0 spiro atoms. The van der Waals surface area contributed by atoms with Crippen LogP contribution in [0, 0.1) is 6.92 Å². The van der Waals surface area contributed by atoms with Gasteiger partial charge in [0.25, 0.3) is 0 Å². The zero-order chi connectivity index (χ0) is 14.8. The quantitative estimate of drug-likeness (QED) is 0.793. The molecule has 0 aliphatic rings. The topological polar surface area (TPSA) is 37.4 Å². The largest absolute Gasteiger partial charge is 0.243 e. The first-order valence-electron chi connectivity index (χ1n) is 6.25. The Balaban J connectivity index is 2.33. The lowest BCUT2D eigenvalue weighted by atomic mass is 10.2. The Bertz CT molecular complexity index is 695. The summed E-state index contributed by atoms with van der Waals surface area (Å²) >= 11 is 4.96. The summed E-state index contributed by atoms with van der Waals surface area (Å²) in [6.45, 7) is 4.54. The lowest BCUT2D eigenvalue weighted by Gasteiger charge is -2.20. The van der Waals surface area contributed by atoms with Crippen molar-refractivity contribution in [2.45, 2.75) is 25.3 Å². The van der Waals surface area contributed by atoms with E-state index < -0.39 is 10.0 Å². The van der Waals surface area contributed by atoms with Crippen molar-refractivity contribution in [1.82, 2.24) is 4.31 Å². The van der Waals surface area contributed by atoms with Gasteiger partial charge in [-0.25, -0.2) is 8.42 Å². The van der Waals surface area contributed by atoms with E-state index in [0.717, 1.165) is 14.2 Å². The van der Waals surface area contributed by atoms with Gasteiger partial charge in [0.05, 0.1) is 8.68 Å². The minimum atomic E-state index is -3.45. The maximum Gasteiger partial charge on any atom is 0.243 e. The third kappa shape index (κ3) is 3.31. The summed E-state index contributed by atoms with van der Waals surface area (Å²) in [5.74, 6) is 0. The summed E-state index contributed by atoms with van der Waals surface area (Å²) in [6.07, 6.45) is 0. The van der Waals surface area contributed by atoms with Crippen LogP contribution in [0.1, 0.15) is 17.4 Å². The number of nitrogens with zero attached hydrogens (tertiary/aromatic N) is 1. The van der Waals surface area contributed by atoms with Gasteiger partial charge in [0.15, 0.2) is 0 Å². The molecule has 0 bridgehead atoms. The molecule has 0 atom stereocenters. The molecule has 0 fully saturated rings. The van der Waals surface area contributed by atoms with Crippen LogP contribution in [0.25, 0.3) is 0 Å². The maximum atomic E-state index is 12.7. The zero-order valence-electron chi connectivity index (χ0n) is 11.3. The fraction of sp³-hybridized carbons (Fsp3) is 0.286. The molecular weight excluding hydrogens is 358 g/mol. The van der Waals surface area contributed by atoms with Gasteiger partial charge in [-0.05, 0) is 46.6 Å². The van der Waals surface area contributed by atoms with E-state index in [-0.39, 0.29) is 0 Å². The molecule has 2 aromatic rings. The van der Waals surface area contributed by atoms with Crippen LogP contribution in [0.15, 0.2) is 45.1 Å². The summed E-state index contributed by atoms with van der Waals surface area (Å²) < 4.78 is 27.9. The molecule has 1 aromatic carbocycles. The van der Waals surface area contributed by atoms with Crippen LogP contribution in [0.5, 0.6) is 0 Å². The third-order valence-corrected chi connectivity index (χ3v) is 6.71. The van der Waals surface area contributed by atoms with Gasteiger partial charge < -0.3 is 0 Å². The molecule has 0 aliphatic carbocycles. The number of aryl methyl sites for hydroxylation is 1. The van der Waals surface area contributed by atoms with Crippen LogP contribution < -0.4 is 0 Å². The molecule has 0 saturated carbocycles. The molecule has 0 saturated heterocycles. The van der Waals surface area contributed by atoms with E-state index in [0.29, 0.717) is 18.0 Å². The molecule has 0 radical (unpaired) electrons. The van der Waals surface area contributed by atoms with Gasteiger partial charge in [0.2, 0.25) is 10.0 Å². The van der Waals surface area contributed by atoms with Crippen molar-refractivity contribution in [3.05, 3.63) is 50.6 Å². The molecule has 0 N–H and O–H groups in total. The normalized spacial score (nSPS) is 12.0. The maximum absolute atomic E-state index is 12.7. The molecule has 0 aliphatic heterocycles. The van der Waals surface area contributed by atoms with Crippen molar-refractivity contribution in [2.75, 3.05) is 6.54 Å². The summed E-state index contributed by atoms with van der Waals surface area (Å²) in [5, 5.41) is 0. The van der Waals surface area contributed by atoms with Crippen LogP contribution in [0.4, 0.5) is 0 Å². The van der Waals surface area contributed by atoms with Crippen molar-refractivity contribution < 1.29 is 8.42 Å². The van der Waals surface area contributed by atoms with Crippen molar-refractivity contribution >= 4 is 37.3 Å². The second kappa shape index (κ2) is 6.39. The molecular formula is C14H16BrNO2S2. The Morgan fingerprint density at radius 1 is 1.20 bits per heavy atom. The van der Waals surface area contributed by atoms with E-state index in [1.54, 1.807) is 23.5 Å². The second-order valence-corrected chi connectivity index (χ2v) is 8.86. The Hall–Kier alpha value is -0.690. The van der Waals surface area contributed by atoms with E-state index in [4.69, 9.17) is 0 Å². The monoisotopic (exact) mass is 373 g/mol. The summed E-state index contributed by atoms with van der Waals surface area (Å²) in [6, 6.07) is 11.0. The molecule has 1 aromatic heterocycles. The third-order valence-electron chi connectivity index (χ3n) is 3.03. The summed E-state index contributed by atoms with van der Waals surface area (Å²) in [5.41, 5.74) is 0.776. The van der Waals surface area contributed by atoms with E-state index in [1.165, 1.54) is 4.31 Å². The number of hydrogen-bond acceptors (Lipinski definition) is 3. The minimum Gasteiger partial charge on any atom is -0.207 e. The molecule has 108 valence electrons. The van der Waals surface area contributed by atoms with Gasteiger partial charge in [-0.2, -0.15) is 4.31 Å². The minimum absolute atomic E-state index is 0.387. The van der Waals surface area contributed by atoms with Crippen molar-refractivity contribution in [2.24, 2.45) is 0 Å². The Morgan fingerprint density at radius 2 is 1.90 bits per heavy atom. The SMILES string of the molecule is CCN(Cc1ccc(Br)s1)S(=O)(=O)c1ccccc1C. The van der Waals surface area contributed by atoms with Gasteiger partial charge in [0, 0.05) is 18.0 Å². The molecule has 20 heavy (non-hydrogen) atoms. The lowest BCUT2D eigenvalue weighted by Crippen LogP contribution is -2.30. The number of thiophene rings is 1. The highest BCUT2D eigenvalue weighted by Crippen LogP contribution is 2.26. The van der Waals surface area contributed by atoms with Gasteiger partial charge in [-0.3, -0.25) is 0 Å². The number of sulfonamides is 1. The Morgan fingerprint density at radius 3 is 2.45 bits per heavy atom. The highest BCUT2D eigenvalue weighted by Gasteiger charge is 2.24. The van der Waals surface area contributed by atoms with E-state index >= 15 is 0 Å². The zero-order valence-corrected chi connectivity index (χ0v) is 14.6. The molecule has 3 nitrogen and oxygen atoms in total. The predicted octanol–water partition coefficient (Wildman–Crippen LogP) is 4.03. The van der Waals surface area contributed by atoms with E-state index in [2.05, 4.69) is 15.9 Å². The summed E-state index contributed by atoms with van der Waals surface area (Å²) in [4.78, 5) is 1.41. The second-order valence-electron chi connectivity index (χ2n) is 4.40. The highest BCUT2D eigenvalue weighted by molar-refractivity contribution is 9.11. The smallest absolute Gasteiger partial charge is 0.207 e. The number of rotatable bonds is 5. The first kappa shape index (κ1) is 15.7. The van der Waals surface area contributed by atoms with E-state index in [9.17, 15) is 8.42 Å². The van der Waals surface area contributed by atoms with Crippen LogP contribution in [0.3, 0.4) is 0 Å². The first-order valence-corrected chi connectivity index (χ1v) is 9.30. The van der Waals surface area contributed by atoms with Crippen molar-refractivity contribution in [3.8, 4) is 0 Å². The average molecular weight is 374 g/mol. The first-order chi connectivity index (χ1) is 9.45. The Labute approximate surface area is 132 Å². The van der Waals surface area contributed by atoms with Gasteiger partial charge in [-0.1, -0.05) is 25.1 Å². The van der Waals surface area contributed by atoms with E-state index in [1.807, 2.05) is 38.1 Å². The Kier molecular flexibility index (Phi) is 5.01. The number of hydrogen-bond donors (Lipinski definition) is 0. The molecule has 2 rings (SSSR count). The van der Waals surface area contributed by atoms with Crippen LogP contribution >= 0.6 is 27.3 Å². The standard InChI is InChI=1S/C14H16BrNO2S2/c1-3-16(10-12-8-9-14(15)19-12)20(17,18)13-7-5-4-6-11(13)2/h4-9H,3,10H2,1-2H3. The lowest BCUT2D eigenvalue weighted by molar-refractivity contribution is 0.426. The molecule has 6 heteroatoms. The van der Waals surface area contributed by atoms with Crippen molar-refractivity contribution in [3.63, 3.8) is 0 Å². The number of halogens is 1. The van der Waals surface area contributed by atoms with Crippen molar-refractivity contribution in [1.29, 1.82) is 0 Å². The fourth-order valence-electron chi connectivity index (χ4n) is 1.96. The predicted molar refractivity (Wildman–Crippen MR) is 86.5 cm³/mol. The molecule has 1 heterocycles. The van der Waals surface area contributed by atoms with Gasteiger partial charge in [0.1, 0.15) is 0 Å². The summed E-state index contributed by atoms with van der Waals surface area (Å²) in [7, 11) is -3.45. The van der Waals surface area contributed by atoms with Crippen LogP contribution in [0.2, 0.25) is 0 Å². The van der Waals surface area contributed by atoms with Gasteiger partial charge in [-0.15, -0.1) is 11.3 Å². The molecule has 0 unspecified atom stereocenters.